The number of aliphatic hydroxyl groups is 1. The van der Waals surface area contributed by atoms with Crippen LogP contribution in [0.3, 0.4) is 0 Å². The summed E-state index contributed by atoms with van der Waals surface area (Å²) in [5.74, 6) is 0.123. The summed E-state index contributed by atoms with van der Waals surface area (Å²) in [6.07, 6.45) is 1.87. The highest BCUT2D eigenvalue weighted by atomic mass is 16.6. The number of isocyanates is 3. The first-order chi connectivity index (χ1) is 40.0. The van der Waals surface area contributed by atoms with Crippen LogP contribution in [0, 0.1) is 10.1 Å². The van der Waals surface area contributed by atoms with E-state index in [2.05, 4.69) is 51.4 Å². The molecule has 428 valence electrons. The van der Waals surface area contributed by atoms with E-state index in [9.17, 15) is 44.0 Å². The normalized spacial score (nSPS) is 9.95. The van der Waals surface area contributed by atoms with Crippen LogP contribution in [-0.4, -0.2) is 93.2 Å². The van der Waals surface area contributed by atoms with Gasteiger partial charge in [0.15, 0.2) is 5.75 Å². The molecule has 0 unspecified atom stereocenters. The molecule has 26 heteroatoms. The average Bonchev–Trinajstić information content (AvgIpc) is 3.50. The first-order valence-corrected chi connectivity index (χ1v) is 25.2. The molecule has 0 aromatic heterocycles. The maximum absolute atomic E-state index is 12.7. The van der Waals surface area contributed by atoms with E-state index in [-0.39, 0.29) is 96.4 Å². The topological polar surface area (TPSA) is 338 Å². The zero-order valence-corrected chi connectivity index (χ0v) is 45.9. The molecule has 6 rings (SSSR count). The van der Waals surface area contributed by atoms with E-state index >= 15 is 0 Å². The number of ether oxygens (including phenoxy) is 5. The van der Waals surface area contributed by atoms with E-state index in [0.29, 0.717) is 28.4 Å². The van der Waals surface area contributed by atoms with Crippen molar-refractivity contribution in [3.8, 4) is 11.5 Å². The summed E-state index contributed by atoms with van der Waals surface area (Å²) in [5, 5.41) is 46.7. The van der Waals surface area contributed by atoms with E-state index in [0.717, 1.165) is 6.07 Å². The van der Waals surface area contributed by atoms with Crippen molar-refractivity contribution in [3.63, 3.8) is 0 Å². The fourth-order valence-corrected chi connectivity index (χ4v) is 6.56. The van der Waals surface area contributed by atoms with Gasteiger partial charge < -0.3 is 33.7 Å². The van der Waals surface area contributed by atoms with Crippen LogP contribution in [0.2, 0.25) is 0 Å². The van der Waals surface area contributed by atoms with Gasteiger partial charge in [-0.3, -0.25) is 26.1 Å². The van der Waals surface area contributed by atoms with Crippen molar-refractivity contribution >= 4 is 105 Å². The number of aliphatic hydroxyl groups excluding tert-OH is 1. The van der Waals surface area contributed by atoms with Gasteiger partial charge in [-0.2, -0.15) is 20.1 Å². The highest BCUT2D eigenvalue weighted by Crippen LogP contribution is 2.39. The molecule has 0 heterocycles. The quantitative estimate of drug-likeness (QED) is 0.00832. The molecule has 6 aromatic carbocycles. The van der Waals surface area contributed by atoms with E-state index < -0.39 is 29.8 Å². The Morgan fingerprint density at radius 2 is 1.00 bits per heavy atom. The summed E-state index contributed by atoms with van der Waals surface area (Å²) in [5.41, 5.74) is 3.15. The third kappa shape index (κ3) is 22.3. The molecular weight excluding hydrogens is 1060 g/mol. The number of rotatable bonds is 24. The number of nitro benzene ring substituents is 1. The second kappa shape index (κ2) is 37.1. The van der Waals surface area contributed by atoms with Gasteiger partial charge >= 0.3 is 18.3 Å². The number of carbonyl (C=O) groups excluding carboxylic acids is 6. The van der Waals surface area contributed by atoms with Gasteiger partial charge in [-0.05, 0) is 91.0 Å². The van der Waals surface area contributed by atoms with Gasteiger partial charge in [-0.25, -0.2) is 28.8 Å². The van der Waals surface area contributed by atoms with Gasteiger partial charge in [-0.15, -0.1) is 15.3 Å². The Morgan fingerprint density at radius 1 is 0.537 bits per heavy atom. The van der Waals surface area contributed by atoms with Gasteiger partial charge in [0.1, 0.15) is 43.6 Å². The number of azo groups is 2. The number of methoxy groups -OCH3 is 1. The number of anilines is 4. The Bertz CT molecular complexity index is 3190. The Hall–Kier alpha value is -10.8. The summed E-state index contributed by atoms with van der Waals surface area (Å²) in [7, 11) is 1.38. The third-order valence-corrected chi connectivity index (χ3v) is 10.0. The lowest BCUT2D eigenvalue weighted by atomic mass is 10.1. The summed E-state index contributed by atoms with van der Waals surface area (Å²) in [4.78, 5) is 92.9. The van der Waals surface area contributed by atoms with E-state index in [4.69, 9.17) is 23.7 Å². The molecule has 26 nitrogen and oxygen atoms in total. The molecule has 0 aliphatic carbocycles. The van der Waals surface area contributed by atoms with Gasteiger partial charge in [0.2, 0.25) is 18.2 Å². The molecule has 0 aliphatic heterocycles. The lowest BCUT2D eigenvalue weighted by Crippen LogP contribution is -2.33. The molecule has 6 aromatic rings. The van der Waals surface area contributed by atoms with Crippen LogP contribution >= 0.6 is 0 Å². The Morgan fingerprint density at radius 3 is 1.45 bits per heavy atom. The van der Waals surface area contributed by atoms with Crippen LogP contribution in [-0.2, 0) is 35.2 Å². The highest BCUT2D eigenvalue weighted by Gasteiger charge is 2.16. The summed E-state index contributed by atoms with van der Waals surface area (Å²) in [6.45, 7) is 11.0. The predicted octanol–water partition coefficient (Wildman–Crippen LogP) is 13.8. The molecule has 0 saturated heterocycles. The fraction of sp³-hybridized carbons (Fsp3) is 0.250. The lowest BCUT2D eigenvalue weighted by molar-refractivity contribution is -0.384. The van der Waals surface area contributed by atoms with Crippen LogP contribution in [0.15, 0.2) is 163 Å². The van der Waals surface area contributed by atoms with Crippen LogP contribution in [0.4, 0.5) is 82.6 Å². The number of nitrogens with zero attached hydrogens (tertiary/aromatic N) is 9. The Kier molecular flexibility index (Phi) is 29.7. The van der Waals surface area contributed by atoms with Crippen molar-refractivity contribution < 1.29 is 62.5 Å². The first kappa shape index (κ1) is 65.5. The second-order valence-electron chi connectivity index (χ2n) is 15.0. The van der Waals surface area contributed by atoms with Gasteiger partial charge in [0.25, 0.3) is 5.69 Å². The maximum Gasteiger partial charge on any atom is 0.411 e. The zero-order chi connectivity index (χ0) is 60.1. The van der Waals surface area contributed by atoms with Crippen molar-refractivity contribution in [3.05, 3.63) is 143 Å². The van der Waals surface area contributed by atoms with Crippen molar-refractivity contribution in [1.82, 2.24) is 0 Å². The summed E-state index contributed by atoms with van der Waals surface area (Å²) in [6, 6.07) is 31.7. The molecular formula is C56H60N12O14. The number of hydrogen-bond acceptors (Lipinski definition) is 22. The minimum Gasteiger partial charge on any atom is -0.494 e. The molecule has 0 radical (unpaired) electrons. The SMILES string of the molecule is CC.CC.CC.COc1cc(N=Nc2ccc([N+](=O)[O-])cc2OCCOC(=O)Nc2cccc(N=C=O)c2)c(CO)cc1N=Nc1ccc(N(CCOC(=O)Nc2cccc(N=C=O)c2)CCOC(=O)Nc2cccc(N=C=O)c2)cc1. The number of aliphatic imine (C=N–C) groups is 3. The van der Waals surface area contributed by atoms with Crippen LogP contribution in [0.1, 0.15) is 47.1 Å². The van der Waals surface area contributed by atoms with Crippen molar-refractivity contribution in [2.45, 2.75) is 48.1 Å². The number of benzene rings is 6. The highest BCUT2D eigenvalue weighted by molar-refractivity contribution is 5.86. The number of carbonyl (C=O) groups is 3. The molecule has 0 spiro atoms. The molecule has 3 amide bonds. The zero-order valence-electron chi connectivity index (χ0n) is 45.9. The number of non-ortho nitro benzene ring substituents is 1. The average molecular weight is 1130 g/mol. The minimum absolute atomic E-state index is 0.0582. The minimum atomic E-state index is -0.848. The molecule has 0 fully saturated rings. The van der Waals surface area contributed by atoms with E-state index in [1.54, 1.807) is 77.7 Å². The molecule has 0 bridgehead atoms. The van der Waals surface area contributed by atoms with Gasteiger partial charge in [0.05, 0.1) is 66.2 Å². The standard InChI is InChI=1S/C50H42N12O14.3C2H6/c1-72-46-28-44(59-58-43-16-15-42(62(70)71)27-47(43)73-21-22-76-50(69)56-40-10-4-7-37(26-40)53-32-66)33(29-63)23-45(46)60-57-34-11-13-41(14-12-34)61(17-19-74-48(67)54-38-8-2-5-35(24-38)51-30-64)18-20-75-49(68)55-39-9-3-6-36(25-39)52-31-65;3*1-2/h2-16,23-28,63H,17-22,29H2,1H3,(H,54,67)(H,55,68)(H,56,69);3*1-2H3. The number of nitrogens with one attached hydrogen (secondary N) is 3. The van der Waals surface area contributed by atoms with Crippen molar-refractivity contribution in [2.75, 3.05) is 67.5 Å². The molecule has 0 atom stereocenters. The van der Waals surface area contributed by atoms with Crippen LogP contribution < -0.4 is 30.3 Å². The second-order valence-corrected chi connectivity index (χ2v) is 15.0. The van der Waals surface area contributed by atoms with Crippen molar-refractivity contribution in [1.29, 1.82) is 0 Å². The van der Waals surface area contributed by atoms with E-state index in [1.807, 2.05) is 41.5 Å². The van der Waals surface area contributed by atoms with Crippen LogP contribution in [0.25, 0.3) is 0 Å². The van der Waals surface area contributed by atoms with E-state index in [1.165, 1.54) is 73.9 Å². The molecule has 82 heavy (non-hydrogen) atoms. The number of hydrogen-bond donors (Lipinski definition) is 4. The summed E-state index contributed by atoms with van der Waals surface area (Å²) >= 11 is 0. The van der Waals surface area contributed by atoms with Crippen molar-refractivity contribution in [2.24, 2.45) is 35.4 Å². The maximum atomic E-state index is 12.7. The van der Waals surface area contributed by atoms with Crippen LogP contribution in [0.5, 0.6) is 11.5 Å². The molecule has 0 aliphatic rings. The Labute approximate surface area is 471 Å². The first-order valence-electron chi connectivity index (χ1n) is 25.2. The van der Waals surface area contributed by atoms with Gasteiger partial charge in [0, 0.05) is 40.4 Å². The predicted molar refractivity (Wildman–Crippen MR) is 306 cm³/mol. The lowest BCUT2D eigenvalue weighted by Gasteiger charge is -2.24. The molecule has 4 N–H and O–H groups in total. The Balaban J connectivity index is 0.00000284. The van der Waals surface area contributed by atoms with Gasteiger partial charge in [-0.1, -0.05) is 59.7 Å². The third-order valence-electron chi connectivity index (χ3n) is 10.0. The largest absolute Gasteiger partial charge is 0.494 e. The number of nitro groups is 1. The fourth-order valence-electron chi connectivity index (χ4n) is 6.56. The smallest absolute Gasteiger partial charge is 0.411 e. The summed E-state index contributed by atoms with van der Waals surface area (Å²) < 4.78 is 27.2. The number of amides is 3. The monoisotopic (exact) mass is 1120 g/mol. The molecule has 0 saturated carbocycles.